The summed E-state index contributed by atoms with van der Waals surface area (Å²) in [7, 11) is 0. The van der Waals surface area contributed by atoms with Gasteiger partial charge in [-0.25, -0.2) is 15.0 Å². The van der Waals surface area contributed by atoms with Crippen LogP contribution in [0.3, 0.4) is 0 Å². The largest absolute Gasteiger partial charge is 0.309 e. The first-order valence-electron chi connectivity index (χ1n) is 27.5. The maximum atomic E-state index is 5.43. The third-order valence-corrected chi connectivity index (χ3v) is 16.1. The molecule has 0 N–H and O–H groups in total. The van der Waals surface area contributed by atoms with E-state index in [4.69, 9.17) is 15.0 Å². The fourth-order valence-corrected chi connectivity index (χ4v) is 12.4. The molecule has 0 aliphatic rings. The van der Waals surface area contributed by atoms with E-state index < -0.39 is 0 Å². The molecule has 0 radical (unpaired) electrons. The zero-order valence-electron chi connectivity index (χ0n) is 43.9. The Morgan fingerprint density at radius 3 is 0.963 bits per heavy atom. The lowest BCUT2D eigenvalue weighted by atomic mass is 9.96. The van der Waals surface area contributed by atoms with Crippen molar-refractivity contribution in [1.29, 1.82) is 0 Å². The van der Waals surface area contributed by atoms with Crippen LogP contribution in [0.25, 0.3) is 150 Å². The minimum atomic E-state index is 0.580. The molecule has 16 aromatic rings. The maximum Gasteiger partial charge on any atom is 0.164 e. The van der Waals surface area contributed by atoms with Gasteiger partial charge in [-0.1, -0.05) is 212 Å². The van der Waals surface area contributed by atoms with E-state index >= 15 is 0 Å². The van der Waals surface area contributed by atoms with Crippen molar-refractivity contribution in [2.75, 3.05) is 0 Å². The molecule has 16 rings (SSSR count). The molecule has 4 aromatic heterocycles. The molecule has 12 aromatic carbocycles. The second-order valence-corrected chi connectivity index (χ2v) is 20.7. The molecule has 6 heteroatoms. The summed E-state index contributed by atoms with van der Waals surface area (Å²) >= 11 is 0. The lowest BCUT2D eigenvalue weighted by Gasteiger charge is -2.17. The highest BCUT2D eigenvalue weighted by atomic mass is 15.0. The van der Waals surface area contributed by atoms with E-state index in [1.807, 2.05) is 0 Å². The summed E-state index contributed by atoms with van der Waals surface area (Å²) in [5, 5.41) is 7.29. The van der Waals surface area contributed by atoms with E-state index in [0.717, 1.165) is 100 Å². The summed E-state index contributed by atoms with van der Waals surface area (Å²) in [4.78, 5) is 16.2. The smallest absolute Gasteiger partial charge is 0.164 e. The van der Waals surface area contributed by atoms with Gasteiger partial charge in [0.05, 0.1) is 44.5 Å². The van der Waals surface area contributed by atoms with Crippen molar-refractivity contribution < 1.29 is 0 Å². The second kappa shape index (κ2) is 18.9. The number of aromatic nitrogens is 6. The van der Waals surface area contributed by atoms with Gasteiger partial charge in [0.25, 0.3) is 0 Å². The van der Waals surface area contributed by atoms with Gasteiger partial charge in [0.2, 0.25) is 0 Å². The minimum absolute atomic E-state index is 0.580. The average molecular weight is 1030 g/mol. The van der Waals surface area contributed by atoms with Gasteiger partial charge >= 0.3 is 0 Å². The monoisotopic (exact) mass is 1030 g/mol. The van der Waals surface area contributed by atoms with Crippen LogP contribution in [0.1, 0.15) is 0 Å². The summed E-state index contributed by atoms with van der Waals surface area (Å²) < 4.78 is 7.15. The lowest BCUT2D eigenvalue weighted by molar-refractivity contribution is 1.07. The van der Waals surface area contributed by atoms with Crippen molar-refractivity contribution in [2.24, 2.45) is 0 Å². The van der Waals surface area contributed by atoms with Gasteiger partial charge in [0.1, 0.15) is 0 Å². The molecule has 0 amide bonds. The Kier molecular flexibility index (Phi) is 10.8. The maximum absolute atomic E-state index is 5.43. The fourth-order valence-electron chi connectivity index (χ4n) is 12.4. The van der Waals surface area contributed by atoms with Gasteiger partial charge in [-0.2, -0.15) is 0 Å². The average Bonchev–Trinajstić information content (AvgIpc) is 4.40. The summed E-state index contributed by atoms with van der Waals surface area (Å²) in [6.07, 6.45) is 0. The van der Waals surface area contributed by atoms with Gasteiger partial charge in [0, 0.05) is 65.8 Å². The molecule has 6 nitrogen and oxygen atoms in total. The number of para-hydroxylation sites is 6. The van der Waals surface area contributed by atoms with Crippen LogP contribution in [0.2, 0.25) is 0 Å². The Labute approximate surface area is 467 Å². The molecule has 0 bridgehead atoms. The number of rotatable bonds is 9. The molecule has 0 unspecified atom stereocenters. The van der Waals surface area contributed by atoms with E-state index in [-0.39, 0.29) is 0 Å². The Morgan fingerprint density at radius 2 is 0.506 bits per heavy atom. The zero-order valence-corrected chi connectivity index (χ0v) is 43.9. The lowest BCUT2D eigenvalue weighted by Crippen LogP contribution is -2.02. The van der Waals surface area contributed by atoms with Crippen LogP contribution in [-0.2, 0) is 0 Å². The van der Waals surface area contributed by atoms with E-state index in [2.05, 4.69) is 305 Å². The molecule has 0 aliphatic heterocycles. The molecule has 378 valence electrons. The van der Waals surface area contributed by atoms with Gasteiger partial charge in [-0.15, -0.1) is 0 Å². The first-order chi connectivity index (χ1) is 40.2. The summed E-state index contributed by atoms with van der Waals surface area (Å²) in [5.41, 5.74) is 19.4. The van der Waals surface area contributed by atoms with Gasteiger partial charge in [0.15, 0.2) is 17.5 Å². The molecular weight excluding hydrogens is 985 g/mol. The molecule has 0 saturated carbocycles. The van der Waals surface area contributed by atoms with Crippen molar-refractivity contribution in [3.8, 4) is 84.6 Å². The molecule has 81 heavy (non-hydrogen) atoms. The summed E-state index contributed by atoms with van der Waals surface area (Å²) in [6.45, 7) is 0. The SMILES string of the molecule is c1ccc(-c2ccc(-n3c4ccccc4c4ccccc43)c(-c3ccc(-c4nc(-c5cccc(-n6c7ccccc7c7ccccc76)c5)nc(-c5ccc(-n6c7ccccc7c7ccccc76)c(-c6ccccc6)c5)n4)cc3)c2)cc1. The molecule has 0 atom stereocenters. The highest BCUT2D eigenvalue weighted by Crippen LogP contribution is 2.42. The predicted octanol–water partition coefficient (Wildman–Crippen LogP) is 19.2. The number of fused-ring (bicyclic) bond motifs is 9. The Hall–Kier alpha value is -11.0. The predicted molar refractivity (Wildman–Crippen MR) is 335 cm³/mol. The van der Waals surface area contributed by atoms with Crippen LogP contribution in [0, 0.1) is 0 Å². The number of benzene rings is 12. The highest BCUT2D eigenvalue weighted by Gasteiger charge is 2.22. The highest BCUT2D eigenvalue weighted by molar-refractivity contribution is 6.12. The van der Waals surface area contributed by atoms with E-state index in [9.17, 15) is 0 Å². The number of hydrogen-bond acceptors (Lipinski definition) is 3. The standard InChI is InChI=1S/C75H48N6/c1-3-20-49(21-4-1)53-42-44-71(80-67-34-15-9-28-59(67)60-29-10-16-35-68(60)80)63(47-53)51-38-40-52(41-39-51)73-76-74(54-24-19-25-56(46-54)79-65-32-13-7-26-57(65)58-27-8-14-33-66(58)79)78-75(77-73)55-43-45-72(64(48-55)50-22-5-2-6-23-50)81-69-36-17-11-30-61(69)62-31-12-18-37-70(62)81/h1-48H. The van der Waals surface area contributed by atoms with Crippen LogP contribution in [0.5, 0.6) is 0 Å². The first-order valence-corrected chi connectivity index (χ1v) is 27.5. The van der Waals surface area contributed by atoms with Gasteiger partial charge in [-0.3, -0.25) is 0 Å². The topological polar surface area (TPSA) is 53.5 Å². The number of nitrogens with zero attached hydrogens (tertiary/aromatic N) is 6. The third kappa shape index (κ3) is 7.68. The quantitative estimate of drug-likeness (QED) is 0.145. The first kappa shape index (κ1) is 46.2. The Morgan fingerprint density at radius 1 is 0.198 bits per heavy atom. The normalized spacial score (nSPS) is 11.7. The Bertz CT molecular complexity index is 4950. The van der Waals surface area contributed by atoms with Crippen molar-refractivity contribution in [1.82, 2.24) is 28.7 Å². The van der Waals surface area contributed by atoms with Crippen LogP contribution in [0.4, 0.5) is 0 Å². The fraction of sp³-hybridized carbons (Fsp3) is 0. The van der Waals surface area contributed by atoms with Crippen molar-refractivity contribution in [2.45, 2.75) is 0 Å². The molecule has 0 spiro atoms. The van der Waals surface area contributed by atoms with Crippen LogP contribution in [0.15, 0.2) is 291 Å². The van der Waals surface area contributed by atoms with Gasteiger partial charge < -0.3 is 13.7 Å². The molecular formula is C75H48N6. The van der Waals surface area contributed by atoms with E-state index in [1.54, 1.807) is 0 Å². The van der Waals surface area contributed by atoms with Crippen molar-refractivity contribution in [3.05, 3.63) is 291 Å². The second-order valence-electron chi connectivity index (χ2n) is 20.7. The molecule has 4 heterocycles. The number of hydrogen-bond donors (Lipinski definition) is 0. The summed E-state index contributed by atoms with van der Waals surface area (Å²) in [5.74, 6) is 1.74. The minimum Gasteiger partial charge on any atom is -0.309 e. The zero-order chi connectivity index (χ0) is 53.4. The van der Waals surface area contributed by atoms with Crippen molar-refractivity contribution in [3.63, 3.8) is 0 Å². The summed E-state index contributed by atoms with van der Waals surface area (Å²) in [6, 6.07) is 104. The molecule has 0 aliphatic carbocycles. The van der Waals surface area contributed by atoms with E-state index in [0.29, 0.717) is 17.5 Å². The van der Waals surface area contributed by atoms with Crippen molar-refractivity contribution >= 4 is 65.4 Å². The van der Waals surface area contributed by atoms with Crippen LogP contribution >= 0.6 is 0 Å². The third-order valence-electron chi connectivity index (χ3n) is 16.1. The Balaban J connectivity index is 0.886. The van der Waals surface area contributed by atoms with Crippen LogP contribution < -0.4 is 0 Å². The molecule has 0 saturated heterocycles. The van der Waals surface area contributed by atoms with Gasteiger partial charge in [-0.05, 0) is 101 Å². The molecule has 0 fully saturated rings. The van der Waals surface area contributed by atoms with E-state index in [1.165, 1.54) is 32.3 Å². The van der Waals surface area contributed by atoms with Crippen LogP contribution in [-0.4, -0.2) is 28.7 Å².